The molecule has 0 aliphatic carbocycles. The maximum absolute atomic E-state index is 3.44. The predicted molar refractivity (Wildman–Crippen MR) is 90.0 cm³/mol. The number of anilines is 1. The molecule has 0 spiro atoms. The van der Waals surface area contributed by atoms with E-state index in [0.29, 0.717) is 6.04 Å². The molecule has 3 heteroatoms. The van der Waals surface area contributed by atoms with Crippen LogP contribution >= 0.6 is 11.3 Å². The molecular weight excluding hydrogens is 264 g/mol. The van der Waals surface area contributed by atoms with E-state index in [1.54, 1.807) is 0 Å². The Balaban J connectivity index is 2.11. The van der Waals surface area contributed by atoms with E-state index in [0.717, 1.165) is 12.8 Å². The third-order valence-electron chi connectivity index (χ3n) is 3.63. The summed E-state index contributed by atoms with van der Waals surface area (Å²) in [6.07, 6.45) is 2.19. The molecule has 20 heavy (non-hydrogen) atoms. The fraction of sp³-hybridized carbons (Fsp3) is 0.412. The van der Waals surface area contributed by atoms with Crippen molar-refractivity contribution in [3.05, 3.63) is 51.7 Å². The van der Waals surface area contributed by atoms with Crippen molar-refractivity contribution >= 4 is 17.0 Å². The van der Waals surface area contributed by atoms with Crippen LogP contribution < -0.4 is 10.2 Å². The summed E-state index contributed by atoms with van der Waals surface area (Å²) in [4.78, 5) is 5.06. The van der Waals surface area contributed by atoms with Gasteiger partial charge in [0.2, 0.25) is 0 Å². The molecule has 2 aromatic rings. The smallest absolute Gasteiger partial charge is 0.0366 e. The van der Waals surface area contributed by atoms with Crippen molar-refractivity contribution in [2.24, 2.45) is 0 Å². The van der Waals surface area contributed by atoms with Gasteiger partial charge in [-0.25, -0.2) is 0 Å². The number of nitrogens with zero attached hydrogens (tertiary/aromatic N) is 1. The van der Waals surface area contributed by atoms with Crippen LogP contribution in [0.1, 0.15) is 28.3 Å². The van der Waals surface area contributed by atoms with Gasteiger partial charge in [0, 0.05) is 42.0 Å². The second-order valence-corrected chi connectivity index (χ2v) is 6.51. The van der Waals surface area contributed by atoms with E-state index in [1.165, 1.54) is 21.0 Å². The number of benzene rings is 1. The zero-order chi connectivity index (χ0) is 14.5. The number of aryl methyl sites for hydroxylation is 1. The highest BCUT2D eigenvalue weighted by Crippen LogP contribution is 2.25. The van der Waals surface area contributed by atoms with Crippen molar-refractivity contribution in [3.63, 3.8) is 0 Å². The maximum atomic E-state index is 3.44. The molecule has 1 unspecified atom stereocenters. The summed E-state index contributed by atoms with van der Waals surface area (Å²) in [6.45, 7) is 2.21. The van der Waals surface area contributed by atoms with Crippen LogP contribution in [0.4, 0.5) is 5.69 Å². The van der Waals surface area contributed by atoms with Gasteiger partial charge in [0.15, 0.2) is 0 Å². The normalized spacial score (nSPS) is 12.4. The molecule has 1 aromatic carbocycles. The molecule has 0 fully saturated rings. The molecule has 0 aliphatic rings. The van der Waals surface area contributed by atoms with Crippen LogP contribution in [0.15, 0.2) is 36.4 Å². The first kappa shape index (κ1) is 15.1. The van der Waals surface area contributed by atoms with Gasteiger partial charge >= 0.3 is 0 Å². The summed E-state index contributed by atoms with van der Waals surface area (Å²) < 4.78 is 0. The number of hydrogen-bond acceptors (Lipinski definition) is 3. The predicted octanol–water partition coefficient (Wildman–Crippen LogP) is 3.88. The van der Waals surface area contributed by atoms with Gasteiger partial charge in [0.05, 0.1) is 0 Å². The van der Waals surface area contributed by atoms with Crippen LogP contribution in [-0.4, -0.2) is 21.1 Å². The Morgan fingerprint density at radius 2 is 1.70 bits per heavy atom. The number of rotatable bonds is 6. The maximum Gasteiger partial charge on any atom is 0.0366 e. The monoisotopic (exact) mass is 288 g/mol. The zero-order valence-corrected chi connectivity index (χ0v) is 13.6. The van der Waals surface area contributed by atoms with Crippen LogP contribution in [-0.2, 0) is 12.8 Å². The van der Waals surface area contributed by atoms with E-state index >= 15 is 0 Å². The first-order chi connectivity index (χ1) is 9.63. The summed E-state index contributed by atoms with van der Waals surface area (Å²) in [7, 11) is 6.18. The molecule has 0 aliphatic heterocycles. The first-order valence-corrected chi connectivity index (χ1v) is 7.97. The van der Waals surface area contributed by atoms with E-state index < -0.39 is 0 Å². The summed E-state index contributed by atoms with van der Waals surface area (Å²) in [5.74, 6) is 0. The Kier molecular flexibility index (Phi) is 5.21. The number of thiophene rings is 1. The van der Waals surface area contributed by atoms with E-state index in [9.17, 15) is 0 Å². The quantitative estimate of drug-likeness (QED) is 0.868. The van der Waals surface area contributed by atoms with E-state index in [1.807, 2.05) is 18.4 Å². The fourth-order valence-corrected chi connectivity index (χ4v) is 3.32. The number of likely N-dealkylation sites (N-methyl/N-ethyl adjacent to an activating group) is 1. The van der Waals surface area contributed by atoms with E-state index in [2.05, 4.69) is 67.6 Å². The highest BCUT2D eigenvalue weighted by atomic mass is 32.1. The lowest BCUT2D eigenvalue weighted by atomic mass is 10.0. The van der Waals surface area contributed by atoms with Gasteiger partial charge < -0.3 is 10.2 Å². The van der Waals surface area contributed by atoms with Crippen molar-refractivity contribution in [3.8, 4) is 0 Å². The average molecular weight is 288 g/mol. The van der Waals surface area contributed by atoms with Crippen molar-refractivity contribution in [2.75, 3.05) is 26.0 Å². The second-order valence-electron chi connectivity index (χ2n) is 5.25. The number of nitrogens with one attached hydrogen (secondary N) is 1. The van der Waals surface area contributed by atoms with Gasteiger partial charge in [0.1, 0.15) is 0 Å². The standard InChI is InChI=1S/C17H24N2S/c1-5-15-10-11-16(20-15)12-17(18-2)13-6-8-14(9-7-13)19(3)4/h6-11,17-18H,5,12H2,1-4H3. The SMILES string of the molecule is CCc1ccc(CC(NC)c2ccc(N(C)C)cc2)s1. The van der Waals surface area contributed by atoms with Crippen molar-refractivity contribution < 1.29 is 0 Å². The minimum absolute atomic E-state index is 0.384. The first-order valence-electron chi connectivity index (χ1n) is 7.16. The van der Waals surface area contributed by atoms with E-state index in [-0.39, 0.29) is 0 Å². The Labute approximate surface area is 126 Å². The highest BCUT2D eigenvalue weighted by Gasteiger charge is 2.11. The third kappa shape index (κ3) is 3.62. The summed E-state index contributed by atoms with van der Waals surface area (Å²) in [5.41, 5.74) is 2.59. The molecule has 2 rings (SSSR count). The summed E-state index contributed by atoms with van der Waals surface area (Å²) >= 11 is 1.93. The molecule has 1 N–H and O–H groups in total. The topological polar surface area (TPSA) is 15.3 Å². The van der Waals surface area contributed by atoms with Gasteiger partial charge in [-0.05, 0) is 43.3 Å². The molecule has 0 radical (unpaired) electrons. The lowest BCUT2D eigenvalue weighted by molar-refractivity contribution is 0.596. The largest absolute Gasteiger partial charge is 0.378 e. The Morgan fingerprint density at radius 3 is 2.20 bits per heavy atom. The lowest BCUT2D eigenvalue weighted by Gasteiger charge is -2.18. The van der Waals surface area contributed by atoms with Crippen molar-refractivity contribution in [1.29, 1.82) is 0 Å². The molecule has 0 saturated carbocycles. The highest BCUT2D eigenvalue weighted by molar-refractivity contribution is 7.11. The molecule has 108 valence electrons. The summed E-state index contributed by atoms with van der Waals surface area (Å²) in [6, 6.07) is 13.7. The zero-order valence-electron chi connectivity index (χ0n) is 12.8. The lowest BCUT2D eigenvalue weighted by Crippen LogP contribution is -2.18. The molecule has 1 heterocycles. The molecular formula is C17H24N2S. The molecule has 1 atom stereocenters. The Bertz CT molecular complexity index is 528. The Morgan fingerprint density at radius 1 is 1.05 bits per heavy atom. The van der Waals surface area contributed by atoms with Crippen LogP contribution in [0, 0.1) is 0 Å². The third-order valence-corrected chi connectivity index (χ3v) is 4.88. The molecule has 0 amide bonds. The van der Waals surface area contributed by atoms with Crippen LogP contribution in [0.5, 0.6) is 0 Å². The van der Waals surface area contributed by atoms with Gasteiger partial charge in [-0.1, -0.05) is 19.1 Å². The fourth-order valence-electron chi connectivity index (χ4n) is 2.31. The summed E-state index contributed by atoms with van der Waals surface area (Å²) in [5, 5.41) is 3.44. The van der Waals surface area contributed by atoms with Crippen LogP contribution in [0.2, 0.25) is 0 Å². The van der Waals surface area contributed by atoms with Gasteiger partial charge in [-0.15, -0.1) is 11.3 Å². The Hall–Kier alpha value is -1.32. The van der Waals surface area contributed by atoms with Gasteiger partial charge in [-0.2, -0.15) is 0 Å². The minimum Gasteiger partial charge on any atom is -0.378 e. The van der Waals surface area contributed by atoms with Gasteiger partial charge in [0.25, 0.3) is 0 Å². The van der Waals surface area contributed by atoms with Crippen molar-refractivity contribution in [1.82, 2.24) is 5.32 Å². The second kappa shape index (κ2) is 6.91. The molecule has 0 bridgehead atoms. The number of hydrogen-bond donors (Lipinski definition) is 1. The van der Waals surface area contributed by atoms with Crippen molar-refractivity contribution in [2.45, 2.75) is 25.8 Å². The molecule has 0 saturated heterocycles. The molecule has 1 aromatic heterocycles. The molecule has 2 nitrogen and oxygen atoms in total. The van der Waals surface area contributed by atoms with Gasteiger partial charge in [-0.3, -0.25) is 0 Å². The minimum atomic E-state index is 0.384. The average Bonchev–Trinajstić information content (AvgIpc) is 2.92. The van der Waals surface area contributed by atoms with Crippen LogP contribution in [0.3, 0.4) is 0 Å². The van der Waals surface area contributed by atoms with E-state index in [4.69, 9.17) is 0 Å². The van der Waals surface area contributed by atoms with Crippen LogP contribution in [0.25, 0.3) is 0 Å².